The zero-order chi connectivity index (χ0) is 29.0. The second-order valence-electron chi connectivity index (χ2n) is 8.59. The Morgan fingerprint density at radius 2 is 1.66 bits per heavy atom. The average Bonchev–Trinajstić information content (AvgIpc) is 3.63. The number of benzene rings is 2. The van der Waals surface area contributed by atoms with Crippen LogP contribution in [0.4, 0.5) is 24.8 Å². The Morgan fingerprint density at radius 3 is 2.32 bits per heavy atom. The molecule has 14 heteroatoms. The van der Waals surface area contributed by atoms with E-state index in [-0.39, 0.29) is 0 Å². The molecule has 6 rings (SSSR count). The van der Waals surface area contributed by atoms with Crippen molar-refractivity contribution in [2.45, 2.75) is 6.18 Å². The van der Waals surface area contributed by atoms with Crippen molar-refractivity contribution in [2.24, 2.45) is 7.05 Å². The number of halogens is 3. The summed E-state index contributed by atoms with van der Waals surface area (Å²) >= 11 is 0. The summed E-state index contributed by atoms with van der Waals surface area (Å²) in [5.41, 5.74) is 5.68. The molecule has 0 aliphatic rings. The summed E-state index contributed by atoms with van der Waals surface area (Å²) in [6, 6.07) is 17.8. The van der Waals surface area contributed by atoms with Crippen LogP contribution in [0.3, 0.4) is 0 Å². The van der Waals surface area contributed by atoms with Gasteiger partial charge in [0.25, 0.3) is 0 Å². The molecule has 4 heterocycles. The summed E-state index contributed by atoms with van der Waals surface area (Å²) < 4.78 is 35.3. The van der Waals surface area contributed by atoms with Crippen molar-refractivity contribution in [1.82, 2.24) is 39.5 Å². The maximum absolute atomic E-state index is 10.6. The number of aryl methyl sites for hydroxylation is 1. The third-order valence-electron chi connectivity index (χ3n) is 5.68. The number of nitrogens with one attached hydrogen (secondary N) is 1. The molecule has 206 valence electrons. The van der Waals surface area contributed by atoms with E-state index in [1.165, 1.54) is 0 Å². The van der Waals surface area contributed by atoms with Gasteiger partial charge in [-0.15, -0.1) is 5.10 Å². The van der Waals surface area contributed by atoms with Crippen molar-refractivity contribution in [3.8, 4) is 28.2 Å². The molecule has 0 saturated carbocycles. The molecule has 0 atom stereocenters. The lowest BCUT2D eigenvalue weighted by atomic mass is 10.1. The number of carboxylic acid groups (broad SMARTS) is 1. The Balaban J connectivity index is 0.000000431. The molecule has 0 aliphatic heterocycles. The van der Waals surface area contributed by atoms with Gasteiger partial charge in [-0.1, -0.05) is 12.1 Å². The van der Waals surface area contributed by atoms with E-state index < -0.39 is 12.1 Å². The molecule has 0 bridgehead atoms. The first kappa shape index (κ1) is 26.9. The number of fused-ring (bicyclic) bond motifs is 1. The van der Waals surface area contributed by atoms with Crippen LogP contribution in [0, 0.1) is 0 Å². The highest BCUT2D eigenvalue weighted by Crippen LogP contribution is 2.24. The number of rotatable bonds is 5. The van der Waals surface area contributed by atoms with Crippen molar-refractivity contribution in [3.05, 3.63) is 91.9 Å². The number of carbonyl (C=O) groups is 1. The number of aromatic nitrogens is 8. The van der Waals surface area contributed by atoms with E-state index in [1.807, 2.05) is 74.2 Å². The van der Waals surface area contributed by atoms with Gasteiger partial charge in [0.1, 0.15) is 6.33 Å². The monoisotopic (exact) mass is 559 g/mol. The topological polar surface area (TPSA) is 137 Å². The van der Waals surface area contributed by atoms with E-state index >= 15 is 0 Å². The van der Waals surface area contributed by atoms with Crippen LogP contribution >= 0.6 is 0 Å². The van der Waals surface area contributed by atoms with Crippen LogP contribution < -0.4 is 5.32 Å². The normalized spacial score (nSPS) is 11.1. The lowest BCUT2D eigenvalue weighted by molar-refractivity contribution is -0.192. The second kappa shape index (κ2) is 11.2. The molecular formula is C27H20F3N9O2. The minimum Gasteiger partial charge on any atom is -0.475 e. The standard InChI is InChI=1S/C25H19N9.C2HF3O2/c1-33-15-20(14-29-33)18-2-3-19-13-27-25(31-23(19)12-18)30-21-4-6-22(7-5-21)34-16-28-24(32-34)17-8-10-26-11-9-17;3-2(4,5)1(6)7/h2-16H,1H3,(H,27,30,31);(H,6,7). The number of pyridine rings is 1. The highest BCUT2D eigenvalue weighted by Gasteiger charge is 2.38. The van der Waals surface area contributed by atoms with Crippen molar-refractivity contribution >= 4 is 28.5 Å². The van der Waals surface area contributed by atoms with Gasteiger partial charge in [-0.25, -0.2) is 24.4 Å². The average molecular weight is 560 g/mol. The maximum Gasteiger partial charge on any atom is 0.490 e. The first-order valence-electron chi connectivity index (χ1n) is 11.9. The number of hydrogen-bond donors (Lipinski definition) is 2. The molecule has 0 spiro atoms. The lowest BCUT2D eigenvalue weighted by Crippen LogP contribution is -2.21. The number of carboxylic acids is 1. The zero-order valence-corrected chi connectivity index (χ0v) is 21.2. The molecule has 41 heavy (non-hydrogen) atoms. The highest BCUT2D eigenvalue weighted by molar-refractivity contribution is 5.84. The molecule has 2 aromatic carbocycles. The summed E-state index contributed by atoms with van der Waals surface area (Å²) in [5.74, 6) is -1.57. The third-order valence-corrected chi connectivity index (χ3v) is 5.68. The number of nitrogens with zero attached hydrogens (tertiary/aromatic N) is 8. The number of aliphatic carboxylic acids is 1. The Hall–Kier alpha value is -5.66. The molecule has 0 amide bonds. The van der Waals surface area contributed by atoms with Gasteiger partial charge in [0.15, 0.2) is 5.82 Å². The van der Waals surface area contributed by atoms with Gasteiger partial charge in [-0.05, 0) is 48.0 Å². The quantitative estimate of drug-likeness (QED) is 0.297. The predicted molar refractivity (Wildman–Crippen MR) is 143 cm³/mol. The fourth-order valence-electron chi connectivity index (χ4n) is 3.68. The molecule has 0 saturated heterocycles. The largest absolute Gasteiger partial charge is 0.490 e. The lowest BCUT2D eigenvalue weighted by Gasteiger charge is -2.08. The van der Waals surface area contributed by atoms with Crippen molar-refractivity contribution in [3.63, 3.8) is 0 Å². The first-order chi connectivity index (χ1) is 19.7. The molecule has 0 aliphatic carbocycles. The summed E-state index contributed by atoms with van der Waals surface area (Å²) in [7, 11) is 1.91. The van der Waals surface area contributed by atoms with Crippen LogP contribution in [0.1, 0.15) is 0 Å². The molecular weight excluding hydrogens is 539 g/mol. The molecule has 2 N–H and O–H groups in total. The summed E-state index contributed by atoms with van der Waals surface area (Å²) in [6.07, 6.45) is 5.72. The van der Waals surface area contributed by atoms with Crippen molar-refractivity contribution < 1.29 is 23.1 Å². The fourth-order valence-corrected chi connectivity index (χ4v) is 3.68. The molecule has 11 nitrogen and oxygen atoms in total. The zero-order valence-electron chi connectivity index (χ0n) is 21.2. The molecule has 0 unspecified atom stereocenters. The minimum atomic E-state index is -5.08. The van der Waals surface area contributed by atoms with Crippen LogP contribution in [-0.4, -0.2) is 56.7 Å². The van der Waals surface area contributed by atoms with Crippen LogP contribution in [0.25, 0.3) is 39.1 Å². The number of hydrogen-bond acceptors (Lipinski definition) is 8. The summed E-state index contributed by atoms with van der Waals surface area (Å²) in [5, 5.41) is 20.2. The Bertz CT molecular complexity index is 1800. The number of anilines is 2. The van der Waals surface area contributed by atoms with Gasteiger partial charge >= 0.3 is 12.1 Å². The van der Waals surface area contributed by atoms with Crippen LogP contribution in [-0.2, 0) is 11.8 Å². The maximum atomic E-state index is 10.6. The van der Waals surface area contributed by atoms with Gasteiger partial charge in [0, 0.05) is 54.0 Å². The summed E-state index contributed by atoms with van der Waals surface area (Å²) in [4.78, 5) is 26.5. The van der Waals surface area contributed by atoms with Gasteiger partial charge in [-0.3, -0.25) is 9.67 Å². The third kappa shape index (κ3) is 6.50. The smallest absolute Gasteiger partial charge is 0.475 e. The Labute approximate surface area is 230 Å². The van der Waals surface area contributed by atoms with Gasteiger partial charge < -0.3 is 10.4 Å². The SMILES string of the molecule is Cn1cc(-c2ccc3cnc(Nc4ccc(-n5cnc(-c6ccncc6)n5)cc4)nc3c2)cn1.O=C(O)C(F)(F)F. The predicted octanol–water partition coefficient (Wildman–Crippen LogP) is 5.05. The second-order valence-corrected chi connectivity index (χ2v) is 8.59. The van der Waals surface area contributed by atoms with Gasteiger partial charge in [-0.2, -0.15) is 18.3 Å². The van der Waals surface area contributed by atoms with Crippen LogP contribution in [0.2, 0.25) is 0 Å². The molecule has 6 aromatic rings. The van der Waals surface area contributed by atoms with E-state index in [2.05, 4.69) is 36.5 Å². The van der Waals surface area contributed by atoms with Crippen molar-refractivity contribution in [1.29, 1.82) is 0 Å². The van der Waals surface area contributed by atoms with E-state index in [1.54, 1.807) is 28.1 Å². The molecule has 4 aromatic heterocycles. The Morgan fingerprint density at radius 1 is 0.927 bits per heavy atom. The first-order valence-corrected chi connectivity index (χ1v) is 11.9. The number of alkyl halides is 3. The van der Waals surface area contributed by atoms with E-state index in [9.17, 15) is 13.2 Å². The van der Waals surface area contributed by atoms with E-state index in [0.717, 1.165) is 39.0 Å². The van der Waals surface area contributed by atoms with E-state index in [4.69, 9.17) is 14.9 Å². The van der Waals surface area contributed by atoms with Crippen molar-refractivity contribution in [2.75, 3.05) is 5.32 Å². The molecule has 0 fully saturated rings. The highest BCUT2D eigenvalue weighted by atomic mass is 19.4. The van der Waals surface area contributed by atoms with Gasteiger partial charge in [0.2, 0.25) is 5.95 Å². The van der Waals surface area contributed by atoms with Crippen LogP contribution in [0.5, 0.6) is 0 Å². The summed E-state index contributed by atoms with van der Waals surface area (Å²) in [6.45, 7) is 0. The van der Waals surface area contributed by atoms with Gasteiger partial charge in [0.05, 0.1) is 17.4 Å². The molecule has 0 radical (unpaired) electrons. The van der Waals surface area contributed by atoms with Crippen LogP contribution in [0.15, 0.2) is 91.9 Å². The minimum absolute atomic E-state index is 0.532. The van der Waals surface area contributed by atoms with E-state index in [0.29, 0.717) is 11.8 Å². The fraction of sp³-hybridized carbons (Fsp3) is 0.0741. The Kier molecular flexibility index (Phi) is 7.37.